The molecule has 3 amide bonds. The lowest BCUT2D eigenvalue weighted by Gasteiger charge is -2.50. The Bertz CT molecular complexity index is 2020. The molecule has 4 atom stereocenters. The maximum absolute atomic E-state index is 13.7. The third-order valence-electron chi connectivity index (χ3n) is 10.8. The Balaban J connectivity index is -0.00000600. The molecule has 1 aromatic carbocycles. The number of allylic oxidation sites excluding steroid dienone is 4. The SMILES string of the molecule is C.C.C.C.C.C.CC(O)CNC(=O)C(C)(C(C)(C)C(=O)NCCCNC(=S)Nc1ccc(C2=C3C=CC(=O)C=C3OC3C=C(O)C=CC23)c(C(=O)O)c1)C(C)(C)C(=O)NCC(=O)O. The lowest BCUT2D eigenvalue weighted by molar-refractivity contribution is -0.166. The van der Waals surface area contributed by atoms with Crippen LogP contribution in [-0.4, -0.2) is 99.4 Å². The first kappa shape index (κ1) is 61.5. The van der Waals surface area contributed by atoms with Crippen molar-refractivity contribution in [2.45, 2.75) is 105 Å². The third kappa shape index (κ3) is 13.3. The molecule has 0 saturated heterocycles. The average molecular weight is 904 g/mol. The lowest BCUT2D eigenvalue weighted by atomic mass is 9.52. The van der Waals surface area contributed by atoms with Gasteiger partial charge in [-0.2, -0.15) is 0 Å². The first-order chi connectivity index (χ1) is 26.6. The summed E-state index contributed by atoms with van der Waals surface area (Å²) in [6.07, 6.45) is 7.82. The number of aromatic carboxylic acids is 1. The number of benzene rings is 1. The van der Waals surface area contributed by atoms with E-state index in [2.05, 4.69) is 26.6 Å². The van der Waals surface area contributed by atoms with Crippen LogP contribution in [0.2, 0.25) is 0 Å². The van der Waals surface area contributed by atoms with Gasteiger partial charge in [0.05, 0.1) is 27.9 Å². The number of nitrogens with one attached hydrogen (secondary N) is 5. The molecule has 2 aliphatic carbocycles. The number of carbonyl (C=O) groups is 6. The Morgan fingerprint density at radius 1 is 0.825 bits per heavy atom. The van der Waals surface area contributed by atoms with Crippen LogP contribution in [0.5, 0.6) is 0 Å². The van der Waals surface area contributed by atoms with E-state index in [0.29, 0.717) is 28.8 Å². The zero-order valence-electron chi connectivity index (χ0n) is 32.5. The Kier molecular flexibility index (Phi) is 24.1. The largest absolute Gasteiger partial charge is 0.508 e. The summed E-state index contributed by atoms with van der Waals surface area (Å²) in [6, 6.07) is 4.74. The van der Waals surface area contributed by atoms with Crippen molar-refractivity contribution in [2.75, 3.05) is 31.5 Å². The van der Waals surface area contributed by atoms with Gasteiger partial charge in [-0.05, 0) is 108 Å². The van der Waals surface area contributed by atoms with E-state index in [-0.39, 0.29) is 92.2 Å². The summed E-state index contributed by atoms with van der Waals surface area (Å²) in [6.45, 7) is 8.43. The quantitative estimate of drug-likeness (QED) is 0.0630. The molecule has 3 aliphatic rings. The van der Waals surface area contributed by atoms with Gasteiger partial charge in [0.15, 0.2) is 10.9 Å². The van der Waals surface area contributed by atoms with Crippen LogP contribution in [0.3, 0.4) is 0 Å². The van der Waals surface area contributed by atoms with Crippen molar-refractivity contribution in [2.24, 2.45) is 22.2 Å². The van der Waals surface area contributed by atoms with Crippen molar-refractivity contribution in [3.8, 4) is 0 Å². The van der Waals surface area contributed by atoms with Crippen molar-refractivity contribution < 1.29 is 53.9 Å². The number of carboxylic acid groups (broad SMARTS) is 2. The van der Waals surface area contributed by atoms with E-state index in [1.807, 2.05) is 0 Å². The number of anilines is 1. The summed E-state index contributed by atoms with van der Waals surface area (Å²) in [5.41, 5.74) is -2.97. The molecular weight excluding hydrogens is 831 g/mol. The Morgan fingerprint density at radius 2 is 1.41 bits per heavy atom. The molecule has 0 radical (unpaired) electrons. The number of carbonyl (C=O) groups excluding carboxylic acids is 4. The topological polar surface area (TPSA) is 253 Å². The number of hydrogen-bond acceptors (Lipinski definition) is 10. The highest BCUT2D eigenvalue weighted by Gasteiger charge is 2.62. The third-order valence-corrected chi connectivity index (χ3v) is 11.0. The van der Waals surface area contributed by atoms with Crippen molar-refractivity contribution in [1.29, 1.82) is 0 Å². The minimum Gasteiger partial charge on any atom is -0.508 e. The van der Waals surface area contributed by atoms with Gasteiger partial charge < -0.3 is 51.7 Å². The van der Waals surface area contributed by atoms with Gasteiger partial charge in [-0.15, -0.1) is 0 Å². The summed E-state index contributed by atoms with van der Waals surface area (Å²) in [7, 11) is 0. The molecule has 16 nitrogen and oxygen atoms in total. The van der Waals surface area contributed by atoms with Gasteiger partial charge in [0.25, 0.3) is 0 Å². The van der Waals surface area contributed by atoms with Crippen molar-refractivity contribution in [1.82, 2.24) is 21.3 Å². The highest BCUT2D eigenvalue weighted by molar-refractivity contribution is 7.80. The zero-order valence-corrected chi connectivity index (χ0v) is 33.3. The number of amides is 3. The summed E-state index contributed by atoms with van der Waals surface area (Å²) >= 11 is 5.45. The van der Waals surface area contributed by atoms with E-state index >= 15 is 0 Å². The first-order valence-electron chi connectivity index (χ1n) is 18.2. The van der Waals surface area contributed by atoms with Gasteiger partial charge >= 0.3 is 11.9 Å². The molecule has 0 aromatic heterocycles. The van der Waals surface area contributed by atoms with Gasteiger partial charge in [-0.1, -0.05) is 56.7 Å². The van der Waals surface area contributed by atoms with Gasteiger partial charge in [0.2, 0.25) is 17.7 Å². The number of ketones is 1. The molecule has 0 saturated carbocycles. The maximum atomic E-state index is 13.7. The van der Waals surface area contributed by atoms with E-state index in [1.54, 1.807) is 24.3 Å². The molecule has 9 N–H and O–H groups in total. The average Bonchev–Trinajstić information content (AvgIpc) is 3.13. The number of rotatable bonds is 16. The van der Waals surface area contributed by atoms with E-state index in [9.17, 15) is 44.1 Å². The molecule has 0 spiro atoms. The van der Waals surface area contributed by atoms with Crippen LogP contribution in [0.25, 0.3) is 5.57 Å². The molecule has 1 aromatic rings. The van der Waals surface area contributed by atoms with Crippen molar-refractivity contribution in [3.63, 3.8) is 0 Å². The summed E-state index contributed by atoms with van der Waals surface area (Å²) < 4.78 is 6.01. The molecule has 4 unspecified atom stereocenters. The molecule has 17 heteroatoms. The Morgan fingerprint density at radius 3 is 1.98 bits per heavy atom. The predicted octanol–water partition coefficient (Wildman–Crippen LogP) is 6.55. The summed E-state index contributed by atoms with van der Waals surface area (Å²) in [4.78, 5) is 76.6. The van der Waals surface area contributed by atoms with Gasteiger partial charge in [0, 0.05) is 42.9 Å². The molecule has 4 rings (SSSR count). The standard InChI is InChI=1S/C40H49N5O11S.6CH4/c1-21(46)19-43-36(55)40(6,39(4,5)35(54)44-20-31(49)50)38(2,3)34(53)41-14-7-15-42-37(57)45-22-8-11-25(28(16-22)33(51)52)32-26-12-9-23(47)17-29(26)56-30-18-24(48)10-13-27(30)32;;;;;;/h8-13,16-18,21,26,29,46-47H,7,14-15,19-20H2,1-6H3,(H,41,53)(H,43,55)(H,44,54)(H,49,50)(H,51,52)(H2,42,45,57);6*1H4. The molecule has 63 heavy (non-hydrogen) atoms. The van der Waals surface area contributed by atoms with E-state index in [0.717, 1.165) is 0 Å². The molecule has 0 fully saturated rings. The number of carboxylic acids is 2. The number of fused-ring (bicyclic) bond motifs is 2. The normalized spacial score (nSPS) is 17.2. The van der Waals surface area contributed by atoms with Crippen LogP contribution in [0.4, 0.5) is 5.69 Å². The van der Waals surface area contributed by atoms with Crippen molar-refractivity contribution >= 4 is 64.0 Å². The maximum Gasteiger partial charge on any atom is 0.336 e. The predicted molar refractivity (Wildman–Crippen MR) is 254 cm³/mol. The molecule has 1 aliphatic heterocycles. The number of aliphatic carboxylic acids is 1. The van der Waals surface area contributed by atoms with Gasteiger partial charge in [0.1, 0.15) is 24.2 Å². The summed E-state index contributed by atoms with van der Waals surface area (Å²) in [5.74, 6) is -4.95. The van der Waals surface area contributed by atoms with Gasteiger partial charge in [-0.25, -0.2) is 4.79 Å². The van der Waals surface area contributed by atoms with Crippen LogP contribution in [0.15, 0.2) is 71.7 Å². The number of aliphatic hydroxyl groups excluding tert-OH is 2. The summed E-state index contributed by atoms with van der Waals surface area (Å²) in [5, 5.41) is 53.2. The van der Waals surface area contributed by atoms with E-state index in [1.165, 1.54) is 71.9 Å². The Hall–Kier alpha value is -5.81. The molecule has 1 heterocycles. The number of aliphatic hydroxyl groups is 2. The second-order valence-electron chi connectivity index (χ2n) is 15.2. The first-order valence-corrected chi connectivity index (χ1v) is 18.6. The van der Waals surface area contributed by atoms with Gasteiger partial charge in [-0.3, -0.25) is 24.0 Å². The van der Waals surface area contributed by atoms with E-state index < -0.39 is 70.6 Å². The van der Waals surface area contributed by atoms with Crippen LogP contribution < -0.4 is 26.6 Å². The second-order valence-corrected chi connectivity index (χ2v) is 15.6. The smallest absolute Gasteiger partial charge is 0.336 e. The fraction of sp³-hybridized carbons (Fsp3) is 0.500. The van der Waals surface area contributed by atoms with Crippen LogP contribution in [-0.2, 0) is 28.7 Å². The zero-order chi connectivity index (χ0) is 42.5. The number of thiocarbonyl (C=S) groups is 1. The lowest BCUT2D eigenvalue weighted by Crippen LogP contribution is -2.65. The van der Waals surface area contributed by atoms with Crippen molar-refractivity contribution in [3.05, 3.63) is 82.9 Å². The van der Waals surface area contributed by atoms with E-state index in [4.69, 9.17) is 22.1 Å². The van der Waals surface area contributed by atoms with Crippen LogP contribution in [0.1, 0.15) is 108 Å². The monoisotopic (exact) mass is 904 g/mol. The van der Waals surface area contributed by atoms with Crippen LogP contribution >= 0.6 is 12.2 Å². The minimum atomic E-state index is -1.74. The second kappa shape index (κ2) is 24.7. The fourth-order valence-corrected chi connectivity index (χ4v) is 7.22. The number of hydrogen-bond donors (Lipinski definition) is 9. The molecule has 0 bridgehead atoms. The highest BCUT2D eigenvalue weighted by Crippen LogP contribution is 2.52. The fourth-order valence-electron chi connectivity index (χ4n) is 7.00. The van der Waals surface area contributed by atoms with Crippen LogP contribution in [0, 0.1) is 22.2 Å². The highest BCUT2D eigenvalue weighted by atomic mass is 32.1. The number of ether oxygens (including phenoxy) is 1. The minimum absolute atomic E-state index is 0. The Labute approximate surface area is 379 Å². The molecular formula is C46H73N5O11S. The molecule has 354 valence electrons.